The molecule has 20 heavy (non-hydrogen) atoms. The molecule has 1 aromatic rings. The lowest BCUT2D eigenvalue weighted by Gasteiger charge is -2.21. The maximum absolute atomic E-state index is 12.1. The summed E-state index contributed by atoms with van der Waals surface area (Å²) in [5, 5.41) is 9.07. The summed E-state index contributed by atoms with van der Waals surface area (Å²) < 4.78 is 0. The predicted molar refractivity (Wildman–Crippen MR) is 79.7 cm³/mol. The van der Waals surface area contributed by atoms with E-state index >= 15 is 0 Å². The van der Waals surface area contributed by atoms with Crippen molar-refractivity contribution in [2.24, 2.45) is 0 Å². The monoisotopic (exact) mass is 293 g/mol. The Balaban J connectivity index is 1.82. The van der Waals surface area contributed by atoms with Crippen LogP contribution in [0.2, 0.25) is 0 Å². The fraction of sp³-hybridized carbons (Fsp3) is 0.467. The minimum Gasteiger partial charge on any atom is -0.480 e. The highest BCUT2D eigenvalue weighted by atomic mass is 32.2. The number of hydrogen-bond acceptors (Lipinski definition) is 3. The van der Waals surface area contributed by atoms with E-state index in [0.29, 0.717) is 18.7 Å². The molecule has 1 aliphatic rings. The summed E-state index contributed by atoms with van der Waals surface area (Å²) in [6.07, 6.45) is 1.36. The second kappa shape index (κ2) is 6.79. The first-order chi connectivity index (χ1) is 9.58. The molecule has 0 spiro atoms. The fourth-order valence-electron chi connectivity index (χ4n) is 2.46. The number of carboxylic acid groups (broad SMARTS) is 1. The number of carbonyl (C=O) groups excluding carboxylic acids is 1. The Morgan fingerprint density at radius 3 is 2.95 bits per heavy atom. The molecule has 1 unspecified atom stereocenters. The Bertz CT molecular complexity index is 504. The molecule has 0 aliphatic carbocycles. The van der Waals surface area contributed by atoms with Gasteiger partial charge in [0.25, 0.3) is 0 Å². The van der Waals surface area contributed by atoms with Gasteiger partial charge < -0.3 is 10.0 Å². The Hall–Kier alpha value is -1.49. The third-order valence-corrected chi connectivity index (χ3v) is 4.42. The second-order valence-electron chi connectivity index (χ2n) is 5.07. The number of carboxylic acids is 1. The van der Waals surface area contributed by atoms with Crippen molar-refractivity contribution in [1.29, 1.82) is 0 Å². The second-order valence-corrected chi connectivity index (χ2v) is 6.05. The number of aliphatic carboxylic acids is 1. The molecule has 5 heteroatoms. The van der Waals surface area contributed by atoms with Crippen molar-refractivity contribution < 1.29 is 14.7 Å². The number of rotatable bonds is 5. The summed E-state index contributed by atoms with van der Waals surface area (Å²) in [7, 11) is 0. The van der Waals surface area contributed by atoms with Crippen molar-refractivity contribution in [2.75, 3.05) is 12.3 Å². The van der Waals surface area contributed by atoms with E-state index in [1.165, 1.54) is 27.8 Å². The van der Waals surface area contributed by atoms with Crippen LogP contribution in [0.5, 0.6) is 0 Å². The summed E-state index contributed by atoms with van der Waals surface area (Å²) in [6.45, 7) is 2.61. The zero-order chi connectivity index (χ0) is 14.5. The van der Waals surface area contributed by atoms with Gasteiger partial charge in [0, 0.05) is 12.3 Å². The number of likely N-dealkylation sites (tertiary alicyclic amines) is 1. The van der Waals surface area contributed by atoms with E-state index < -0.39 is 12.0 Å². The van der Waals surface area contributed by atoms with Gasteiger partial charge in [-0.1, -0.05) is 29.8 Å². The summed E-state index contributed by atoms with van der Waals surface area (Å²) in [6, 6.07) is 7.57. The average Bonchev–Trinajstić information content (AvgIpc) is 2.88. The molecule has 1 aliphatic heterocycles. The predicted octanol–water partition coefficient (Wildman–Crippen LogP) is 2.30. The lowest BCUT2D eigenvalue weighted by Crippen LogP contribution is -2.41. The first-order valence-corrected chi connectivity index (χ1v) is 7.89. The molecule has 0 saturated carbocycles. The fourth-order valence-corrected chi connectivity index (χ4v) is 3.32. The zero-order valence-corrected chi connectivity index (χ0v) is 12.4. The van der Waals surface area contributed by atoms with Crippen LogP contribution in [0.3, 0.4) is 0 Å². The normalized spacial score (nSPS) is 18.2. The number of hydrogen-bond donors (Lipinski definition) is 1. The third-order valence-electron chi connectivity index (χ3n) is 3.43. The minimum absolute atomic E-state index is 0.0625. The van der Waals surface area contributed by atoms with Crippen molar-refractivity contribution in [3.05, 3.63) is 35.4 Å². The maximum atomic E-state index is 12.1. The van der Waals surface area contributed by atoms with Gasteiger partial charge in [-0.25, -0.2) is 4.79 Å². The van der Waals surface area contributed by atoms with Gasteiger partial charge >= 0.3 is 5.97 Å². The molecule has 1 amide bonds. The molecule has 108 valence electrons. The lowest BCUT2D eigenvalue weighted by molar-refractivity contribution is -0.147. The van der Waals surface area contributed by atoms with Crippen LogP contribution in [0.25, 0.3) is 0 Å². The minimum atomic E-state index is -0.889. The van der Waals surface area contributed by atoms with Gasteiger partial charge in [0.05, 0.1) is 5.75 Å². The van der Waals surface area contributed by atoms with Crippen LogP contribution in [0, 0.1) is 6.92 Å². The standard InChI is InChI=1S/C15H19NO3S/c1-11-4-2-5-12(8-11)9-20-10-14(17)16-7-3-6-13(16)15(18)19/h2,4-5,8,13H,3,6-7,9-10H2,1H3,(H,18,19). The van der Waals surface area contributed by atoms with Gasteiger partial charge in [-0.2, -0.15) is 0 Å². The highest BCUT2D eigenvalue weighted by molar-refractivity contribution is 7.99. The molecular weight excluding hydrogens is 274 g/mol. The van der Waals surface area contributed by atoms with Crippen LogP contribution in [-0.2, 0) is 15.3 Å². The number of aryl methyl sites for hydroxylation is 1. The van der Waals surface area contributed by atoms with Crippen LogP contribution in [0.1, 0.15) is 24.0 Å². The quantitative estimate of drug-likeness (QED) is 0.905. The molecule has 1 atom stereocenters. The lowest BCUT2D eigenvalue weighted by atomic mass is 10.2. The summed E-state index contributed by atoms with van der Waals surface area (Å²) >= 11 is 1.54. The molecule has 4 nitrogen and oxygen atoms in total. The van der Waals surface area contributed by atoms with E-state index in [2.05, 4.69) is 6.07 Å². The number of thioether (sulfide) groups is 1. The van der Waals surface area contributed by atoms with E-state index in [1.54, 1.807) is 0 Å². The van der Waals surface area contributed by atoms with Crippen molar-refractivity contribution in [2.45, 2.75) is 31.6 Å². The first kappa shape index (κ1) is 14.9. The highest BCUT2D eigenvalue weighted by Gasteiger charge is 2.33. The van der Waals surface area contributed by atoms with Gasteiger partial charge in [-0.05, 0) is 25.3 Å². The Labute approximate surface area is 123 Å². The molecule has 1 aromatic carbocycles. The van der Waals surface area contributed by atoms with Crippen molar-refractivity contribution in [3.8, 4) is 0 Å². The van der Waals surface area contributed by atoms with Gasteiger partial charge in [-0.15, -0.1) is 11.8 Å². The molecule has 2 rings (SSSR count). The van der Waals surface area contributed by atoms with Crippen LogP contribution in [0.15, 0.2) is 24.3 Å². The average molecular weight is 293 g/mol. The summed E-state index contributed by atoms with van der Waals surface area (Å²) in [5.41, 5.74) is 2.40. The zero-order valence-electron chi connectivity index (χ0n) is 11.5. The first-order valence-electron chi connectivity index (χ1n) is 6.73. The maximum Gasteiger partial charge on any atom is 0.326 e. The smallest absolute Gasteiger partial charge is 0.326 e. The van der Waals surface area contributed by atoms with E-state index in [0.717, 1.165) is 12.2 Å². The van der Waals surface area contributed by atoms with Gasteiger partial charge in [0.1, 0.15) is 6.04 Å². The van der Waals surface area contributed by atoms with Gasteiger partial charge in [-0.3, -0.25) is 4.79 Å². The largest absolute Gasteiger partial charge is 0.480 e. The molecule has 0 radical (unpaired) electrons. The van der Waals surface area contributed by atoms with Crippen LogP contribution < -0.4 is 0 Å². The molecule has 1 saturated heterocycles. The SMILES string of the molecule is Cc1cccc(CSCC(=O)N2CCCC2C(=O)O)c1. The number of carbonyl (C=O) groups is 2. The van der Waals surface area contributed by atoms with Gasteiger partial charge in [0.15, 0.2) is 0 Å². The van der Waals surface area contributed by atoms with E-state index in [-0.39, 0.29) is 5.91 Å². The summed E-state index contributed by atoms with van der Waals surface area (Å²) in [4.78, 5) is 24.6. The summed E-state index contributed by atoms with van der Waals surface area (Å²) in [5.74, 6) is 0.170. The third kappa shape index (κ3) is 3.76. The molecular formula is C15H19NO3S. The Kier molecular flexibility index (Phi) is 5.06. The van der Waals surface area contributed by atoms with Crippen molar-refractivity contribution in [3.63, 3.8) is 0 Å². The van der Waals surface area contributed by atoms with E-state index in [9.17, 15) is 9.59 Å². The van der Waals surface area contributed by atoms with E-state index in [1.807, 2.05) is 25.1 Å². The Morgan fingerprint density at radius 2 is 2.25 bits per heavy atom. The van der Waals surface area contributed by atoms with Crippen LogP contribution >= 0.6 is 11.8 Å². The molecule has 1 heterocycles. The number of nitrogens with zero attached hydrogens (tertiary/aromatic N) is 1. The van der Waals surface area contributed by atoms with Crippen molar-refractivity contribution >= 4 is 23.6 Å². The highest BCUT2D eigenvalue weighted by Crippen LogP contribution is 2.20. The molecule has 0 bridgehead atoms. The number of amides is 1. The number of benzene rings is 1. The molecule has 1 fully saturated rings. The van der Waals surface area contributed by atoms with Crippen LogP contribution in [-0.4, -0.2) is 40.2 Å². The van der Waals surface area contributed by atoms with Crippen LogP contribution in [0.4, 0.5) is 0 Å². The van der Waals surface area contributed by atoms with Crippen molar-refractivity contribution in [1.82, 2.24) is 4.90 Å². The van der Waals surface area contributed by atoms with Gasteiger partial charge in [0.2, 0.25) is 5.91 Å². The molecule has 1 N–H and O–H groups in total. The topological polar surface area (TPSA) is 57.6 Å². The molecule has 0 aromatic heterocycles. The van der Waals surface area contributed by atoms with E-state index in [4.69, 9.17) is 5.11 Å². The Morgan fingerprint density at radius 1 is 1.45 bits per heavy atom.